The van der Waals surface area contributed by atoms with Crippen molar-refractivity contribution in [3.8, 4) is 0 Å². The number of ketones is 1. The molecule has 0 aliphatic carbocycles. The van der Waals surface area contributed by atoms with Gasteiger partial charge in [-0.15, -0.1) is 0 Å². The summed E-state index contributed by atoms with van der Waals surface area (Å²) in [7, 11) is 0. The fraction of sp³-hybridized carbons (Fsp3) is 0.214. The number of nitrogens with one attached hydrogen (secondary N) is 2. The van der Waals surface area contributed by atoms with Crippen LogP contribution in [0.5, 0.6) is 0 Å². The first kappa shape index (κ1) is 13.8. The van der Waals surface area contributed by atoms with Gasteiger partial charge in [0.15, 0.2) is 5.78 Å². The lowest BCUT2D eigenvalue weighted by molar-refractivity contribution is 0.101. The molecule has 2 rings (SSSR count). The molecule has 6 nitrogen and oxygen atoms in total. The number of amides is 2. The number of nitrogens with zero attached hydrogens (tertiary/aromatic N) is 1. The Morgan fingerprint density at radius 3 is 2.55 bits per heavy atom. The van der Waals surface area contributed by atoms with Gasteiger partial charge in [-0.1, -0.05) is 17.3 Å². The third-order valence-corrected chi connectivity index (χ3v) is 2.91. The molecule has 1 aromatic heterocycles. The second kappa shape index (κ2) is 5.56. The van der Waals surface area contributed by atoms with Crippen molar-refractivity contribution in [1.82, 2.24) is 5.16 Å². The van der Waals surface area contributed by atoms with E-state index < -0.39 is 6.03 Å². The number of aromatic nitrogens is 1. The fourth-order valence-electron chi connectivity index (χ4n) is 1.61. The van der Waals surface area contributed by atoms with E-state index in [1.54, 1.807) is 38.1 Å². The van der Waals surface area contributed by atoms with Crippen LogP contribution >= 0.6 is 0 Å². The van der Waals surface area contributed by atoms with E-state index in [0.717, 1.165) is 11.3 Å². The van der Waals surface area contributed by atoms with Crippen LogP contribution in [-0.4, -0.2) is 17.0 Å². The lowest BCUT2D eigenvalue weighted by Gasteiger charge is -2.06. The first-order chi connectivity index (χ1) is 9.47. The highest BCUT2D eigenvalue weighted by molar-refractivity contribution is 6.01. The highest BCUT2D eigenvalue weighted by atomic mass is 16.5. The number of hydrogen-bond acceptors (Lipinski definition) is 4. The Morgan fingerprint density at radius 2 is 1.95 bits per heavy atom. The molecule has 0 radical (unpaired) electrons. The Bertz CT molecular complexity index is 661. The third kappa shape index (κ3) is 3.03. The van der Waals surface area contributed by atoms with Crippen LogP contribution in [0, 0.1) is 13.8 Å². The number of aryl methyl sites for hydroxylation is 1. The van der Waals surface area contributed by atoms with Gasteiger partial charge in [-0.25, -0.2) is 4.79 Å². The maximum Gasteiger partial charge on any atom is 0.326 e. The minimum absolute atomic E-state index is 0.0595. The van der Waals surface area contributed by atoms with Crippen molar-refractivity contribution < 1.29 is 14.1 Å². The second-order valence-electron chi connectivity index (χ2n) is 4.44. The molecule has 0 aliphatic heterocycles. The second-order valence-corrected chi connectivity index (χ2v) is 4.44. The number of carbonyl (C=O) groups is 2. The number of rotatable bonds is 3. The Hall–Kier alpha value is -2.63. The van der Waals surface area contributed by atoms with Crippen LogP contribution in [0.1, 0.15) is 28.5 Å². The molecule has 1 aromatic carbocycles. The van der Waals surface area contributed by atoms with Gasteiger partial charge in [0.25, 0.3) is 0 Å². The van der Waals surface area contributed by atoms with E-state index >= 15 is 0 Å². The molecule has 2 aromatic rings. The zero-order chi connectivity index (χ0) is 14.7. The monoisotopic (exact) mass is 273 g/mol. The van der Waals surface area contributed by atoms with E-state index in [-0.39, 0.29) is 5.78 Å². The molecular weight excluding hydrogens is 258 g/mol. The van der Waals surface area contributed by atoms with Crippen molar-refractivity contribution in [1.29, 1.82) is 0 Å². The molecule has 0 bridgehead atoms. The Balaban J connectivity index is 2.06. The Labute approximate surface area is 116 Å². The van der Waals surface area contributed by atoms with Crippen LogP contribution in [0.15, 0.2) is 28.8 Å². The maximum atomic E-state index is 11.8. The molecule has 6 heteroatoms. The topological polar surface area (TPSA) is 84.2 Å². The van der Waals surface area contributed by atoms with E-state index in [1.807, 2.05) is 0 Å². The van der Waals surface area contributed by atoms with Gasteiger partial charge < -0.3 is 9.84 Å². The van der Waals surface area contributed by atoms with Gasteiger partial charge >= 0.3 is 6.03 Å². The highest BCUT2D eigenvalue weighted by Gasteiger charge is 2.12. The predicted octanol–water partition coefficient (Wildman–Crippen LogP) is 3.14. The van der Waals surface area contributed by atoms with Gasteiger partial charge in [0.1, 0.15) is 0 Å². The van der Waals surface area contributed by atoms with Crippen molar-refractivity contribution in [2.24, 2.45) is 0 Å². The van der Waals surface area contributed by atoms with Gasteiger partial charge in [-0.05, 0) is 32.9 Å². The van der Waals surface area contributed by atoms with E-state index in [4.69, 9.17) is 4.52 Å². The Kier molecular flexibility index (Phi) is 3.84. The van der Waals surface area contributed by atoms with Gasteiger partial charge in [0.2, 0.25) is 5.88 Å². The van der Waals surface area contributed by atoms with E-state index in [1.165, 1.54) is 6.92 Å². The quantitative estimate of drug-likeness (QED) is 0.841. The molecule has 2 amide bonds. The minimum Gasteiger partial charge on any atom is -0.338 e. The number of urea groups is 1. The summed E-state index contributed by atoms with van der Waals surface area (Å²) in [5, 5.41) is 8.95. The lowest BCUT2D eigenvalue weighted by Crippen LogP contribution is -2.19. The minimum atomic E-state index is -0.454. The molecule has 0 fully saturated rings. The molecule has 0 saturated heterocycles. The van der Waals surface area contributed by atoms with Gasteiger partial charge in [0, 0.05) is 16.8 Å². The van der Waals surface area contributed by atoms with Crippen molar-refractivity contribution >= 4 is 23.4 Å². The summed E-state index contributed by atoms with van der Waals surface area (Å²) in [5.41, 5.74) is 2.56. The number of benzene rings is 1. The number of anilines is 2. The molecule has 0 unspecified atom stereocenters. The zero-order valence-electron chi connectivity index (χ0n) is 11.5. The summed E-state index contributed by atoms with van der Waals surface area (Å²) in [5.74, 6) is 0.249. The summed E-state index contributed by atoms with van der Waals surface area (Å²) in [6, 6.07) is 6.25. The molecule has 0 spiro atoms. The van der Waals surface area contributed by atoms with E-state index in [0.29, 0.717) is 17.1 Å². The summed E-state index contributed by atoms with van der Waals surface area (Å²) < 4.78 is 4.99. The molecule has 104 valence electrons. The van der Waals surface area contributed by atoms with Gasteiger partial charge in [0.05, 0.1) is 5.69 Å². The fourth-order valence-corrected chi connectivity index (χ4v) is 1.61. The molecule has 20 heavy (non-hydrogen) atoms. The molecule has 1 heterocycles. The van der Waals surface area contributed by atoms with Crippen LogP contribution in [-0.2, 0) is 0 Å². The maximum absolute atomic E-state index is 11.8. The number of hydrogen-bond donors (Lipinski definition) is 2. The average molecular weight is 273 g/mol. The normalized spacial score (nSPS) is 10.2. The molecule has 0 atom stereocenters. The first-order valence-corrected chi connectivity index (χ1v) is 6.09. The van der Waals surface area contributed by atoms with Crippen LogP contribution in [0.2, 0.25) is 0 Å². The Morgan fingerprint density at radius 1 is 1.20 bits per heavy atom. The largest absolute Gasteiger partial charge is 0.338 e. The zero-order valence-corrected chi connectivity index (χ0v) is 11.5. The molecule has 2 N–H and O–H groups in total. The van der Waals surface area contributed by atoms with Gasteiger partial charge in [-0.2, -0.15) is 0 Å². The van der Waals surface area contributed by atoms with Crippen molar-refractivity contribution in [2.75, 3.05) is 10.6 Å². The van der Waals surface area contributed by atoms with Crippen LogP contribution < -0.4 is 10.6 Å². The molecular formula is C14H15N3O3. The van der Waals surface area contributed by atoms with E-state index in [2.05, 4.69) is 15.8 Å². The summed E-state index contributed by atoms with van der Waals surface area (Å²) in [6.07, 6.45) is 0. The van der Waals surface area contributed by atoms with Crippen molar-refractivity contribution in [2.45, 2.75) is 20.8 Å². The van der Waals surface area contributed by atoms with Gasteiger partial charge in [-0.3, -0.25) is 10.1 Å². The summed E-state index contributed by atoms with van der Waals surface area (Å²) in [6.45, 7) is 5.07. The molecule has 0 saturated carbocycles. The first-order valence-electron chi connectivity index (χ1n) is 6.09. The lowest BCUT2D eigenvalue weighted by atomic mass is 10.1. The van der Waals surface area contributed by atoms with Crippen LogP contribution in [0.25, 0.3) is 0 Å². The average Bonchev–Trinajstić information content (AvgIpc) is 2.71. The predicted molar refractivity (Wildman–Crippen MR) is 75.1 cm³/mol. The summed E-state index contributed by atoms with van der Waals surface area (Å²) >= 11 is 0. The van der Waals surface area contributed by atoms with E-state index in [9.17, 15) is 9.59 Å². The summed E-state index contributed by atoms with van der Waals surface area (Å²) in [4.78, 5) is 23.1. The molecule has 0 aliphatic rings. The number of Topliss-reactive ketones (excluding diaryl/α,β-unsaturated/α-hetero) is 1. The highest BCUT2D eigenvalue weighted by Crippen LogP contribution is 2.18. The van der Waals surface area contributed by atoms with Crippen molar-refractivity contribution in [3.63, 3.8) is 0 Å². The number of carbonyl (C=O) groups excluding carboxylic acids is 2. The smallest absolute Gasteiger partial charge is 0.326 e. The third-order valence-electron chi connectivity index (χ3n) is 2.91. The van der Waals surface area contributed by atoms with Crippen LogP contribution in [0.3, 0.4) is 0 Å². The SMILES string of the molecule is CC(=O)c1cccc(NC(=O)Nc2onc(C)c2C)c1. The standard InChI is InChI=1S/C14H15N3O3/c1-8-9(2)17-20-13(8)16-14(19)15-12-6-4-5-11(7-12)10(3)18/h4-7H,1-3H3,(H2,15,16,19). The van der Waals surface area contributed by atoms with Crippen LogP contribution in [0.4, 0.5) is 16.4 Å². The van der Waals surface area contributed by atoms with Crippen molar-refractivity contribution in [3.05, 3.63) is 41.1 Å².